The number of nitrogens with one attached hydrogen (secondary N) is 2. The smallest absolute Gasteiger partial charge is 0.285 e. The van der Waals surface area contributed by atoms with Gasteiger partial charge in [0, 0.05) is 18.7 Å². The number of hydrogen-bond donors (Lipinski definition) is 2. The number of benzene rings is 1. The van der Waals surface area contributed by atoms with E-state index in [0.29, 0.717) is 11.4 Å². The van der Waals surface area contributed by atoms with Crippen molar-refractivity contribution in [3.8, 4) is 0 Å². The first-order valence-corrected chi connectivity index (χ1v) is 9.07. The minimum Gasteiger partial charge on any atom is -0.352 e. The molecular formula is C15H21ClN4O3S. The van der Waals surface area contributed by atoms with E-state index in [2.05, 4.69) is 15.0 Å². The average molecular weight is 373 g/mol. The van der Waals surface area contributed by atoms with E-state index in [4.69, 9.17) is 0 Å². The predicted octanol–water partition coefficient (Wildman–Crippen LogP) is 0.357. The number of piperidine rings is 1. The number of amidine groups is 1. The third kappa shape index (κ3) is 3.88. The van der Waals surface area contributed by atoms with Gasteiger partial charge in [-0.2, -0.15) is 8.42 Å². The third-order valence-electron chi connectivity index (χ3n) is 4.06. The lowest BCUT2D eigenvalue weighted by molar-refractivity contribution is -0.122. The molecule has 0 aromatic heterocycles. The van der Waals surface area contributed by atoms with E-state index in [9.17, 15) is 13.2 Å². The molecule has 2 heterocycles. The van der Waals surface area contributed by atoms with Crippen molar-refractivity contribution >= 4 is 34.2 Å². The molecule has 2 aliphatic heterocycles. The summed E-state index contributed by atoms with van der Waals surface area (Å²) >= 11 is 0. The van der Waals surface area contributed by atoms with Gasteiger partial charge in [0.15, 0.2) is 5.84 Å². The second-order valence-electron chi connectivity index (χ2n) is 5.83. The summed E-state index contributed by atoms with van der Waals surface area (Å²) in [6, 6.07) is 6.85. The molecule has 132 valence electrons. The zero-order valence-electron chi connectivity index (χ0n) is 13.4. The van der Waals surface area contributed by atoms with Crippen molar-refractivity contribution in [3.63, 3.8) is 0 Å². The first kappa shape index (κ1) is 18.7. The first-order chi connectivity index (χ1) is 11.0. The van der Waals surface area contributed by atoms with Crippen molar-refractivity contribution in [3.05, 3.63) is 29.8 Å². The molecular weight excluding hydrogens is 352 g/mol. The summed E-state index contributed by atoms with van der Waals surface area (Å²) < 4.78 is 27.9. The Labute approximate surface area is 148 Å². The van der Waals surface area contributed by atoms with E-state index in [1.54, 1.807) is 30.1 Å². The summed E-state index contributed by atoms with van der Waals surface area (Å²) in [4.78, 5) is 14.0. The number of likely N-dealkylation sites (N-methyl/N-ethyl adjacent to an activating group) is 1. The number of fused-ring (bicyclic) bond motifs is 1. The Balaban J connectivity index is 0.00000208. The molecule has 2 N–H and O–H groups in total. The minimum absolute atomic E-state index is 0. The van der Waals surface area contributed by atoms with Crippen LogP contribution in [0.25, 0.3) is 0 Å². The molecule has 0 radical (unpaired) electrons. The molecule has 0 spiro atoms. The molecule has 1 aromatic rings. The number of rotatable bonds is 3. The van der Waals surface area contributed by atoms with Gasteiger partial charge in [-0.1, -0.05) is 12.1 Å². The molecule has 9 heteroatoms. The molecule has 0 bridgehead atoms. The van der Waals surface area contributed by atoms with Crippen molar-refractivity contribution < 1.29 is 13.2 Å². The fraction of sp³-hybridized carbons (Fsp3) is 0.467. The number of amides is 1. The summed E-state index contributed by atoms with van der Waals surface area (Å²) in [6.07, 6.45) is 1.82. The highest BCUT2D eigenvalue weighted by Gasteiger charge is 2.31. The standard InChI is InChI=1S/C15H20N4O3S.ClH/c1-19(10-14(20)17-11-6-8-16-9-7-11)15-12-4-2-3-5-13(12)23(21,22)18-15;/h2-5,11,16H,6-10H2,1H3,(H,17,20);1H. The average Bonchev–Trinajstić information content (AvgIpc) is 2.80. The normalized spacial score (nSPS) is 19.0. The van der Waals surface area contributed by atoms with Crippen LogP contribution in [-0.2, 0) is 14.8 Å². The second-order valence-corrected chi connectivity index (χ2v) is 7.41. The zero-order chi connectivity index (χ0) is 16.4. The van der Waals surface area contributed by atoms with E-state index in [1.807, 2.05) is 0 Å². The Hall–Kier alpha value is -1.64. The third-order valence-corrected chi connectivity index (χ3v) is 5.38. The topological polar surface area (TPSA) is 90.9 Å². The maximum atomic E-state index is 12.2. The molecule has 0 atom stereocenters. The molecule has 0 aliphatic carbocycles. The minimum atomic E-state index is -3.66. The van der Waals surface area contributed by atoms with Gasteiger partial charge in [0.05, 0.1) is 6.54 Å². The molecule has 1 aromatic carbocycles. The Morgan fingerprint density at radius 1 is 1.33 bits per heavy atom. The van der Waals surface area contributed by atoms with Crippen molar-refractivity contribution in [2.45, 2.75) is 23.8 Å². The van der Waals surface area contributed by atoms with Crippen LogP contribution in [0.5, 0.6) is 0 Å². The molecule has 3 rings (SSSR count). The van der Waals surface area contributed by atoms with Crippen LogP contribution in [0.4, 0.5) is 0 Å². The molecule has 2 aliphatic rings. The molecule has 0 unspecified atom stereocenters. The fourth-order valence-corrected chi connectivity index (χ4v) is 4.15. The van der Waals surface area contributed by atoms with Crippen LogP contribution < -0.4 is 10.6 Å². The number of hydrogen-bond acceptors (Lipinski definition) is 5. The number of carbonyl (C=O) groups is 1. The van der Waals surface area contributed by atoms with Crippen LogP contribution in [0.15, 0.2) is 33.6 Å². The van der Waals surface area contributed by atoms with E-state index in [-0.39, 0.29) is 35.8 Å². The van der Waals surface area contributed by atoms with Crippen LogP contribution >= 0.6 is 12.4 Å². The van der Waals surface area contributed by atoms with Gasteiger partial charge in [0.1, 0.15) is 4.90 Å². The lowest BCUT2D eigenvalue weighted by Gasteiger charge is -2.25. The number of halogens is 1. The summed E-state index contributed by atoms with van der Waals surface area (Å²) in [5, 5.41) is 6.24. The Morgan fingerprint density at radius 3 is 2.71 bits per heavy atom. The van der Waals surface area contributed by atoms with Gasteiger partial charge in [-0.15, -0.1) is 16.8 Å². The van der Waals surface area contributed by atoms with Gasteiger partial charge in [-0.25, -0.2) is 0 Å². The lowest BCUT2D eigenvalue weighted by atomic mass is 10.1. The van der Waals surface area contributed by atoms with Crippen LogP contribution in [0.3, 0.4) is 0 Å². The van der Waals surface area contributed by atoms with Crippen LogP contribution in [-0.4, -0.2) is 57.8 Å². The van der Waals surface area contributed by atoms with E-state index in [0.717, 1.165) is 25.9 Å². The van der Waals surface area contributed by atoms with E-state index < -0.39 is 10.0 Å². The maximum absolute atomic E-state index is 12.2. The molecule has 0 saturated carbocycles. The summed E-state index contributed by atoms with van der Waals surface area (Å²) in [6.45, 7) is 1.88. The number of carbonyl (C=O) groups excluding carboxylic acids is 1. The summed E-state index contributed by atoms with van der Waals surface area (Å²) in [5.41, 5.74) is 0.546. The number of nitrogens with zero attached hydrogens (tertiary/aromatic N) is 2. The highest BCUT2D eigenvalue weighted by atomic mass is 35.5. The Morgan fingerprint density at radius 2 is 2.00 bits per heavy atom. The summed E-state index contributed by atoms with van der Waals surface area (Å²) in [7, 11) is -1.98. The van der Waals surface area contributed by atoms with Crippen molar-refractivity contribution in [1.82, 2.24) is 15.5 Å². The SMILES string of the molecule is CN(CC(=O)NC1CCNCC1)C1=NS(=O)(=O)c2ccccc21.Cl. The molecule has 24 heavy (non-hydrogen) atoms. The van der Waals surface area contributed by atoms with Gasteiger partial charge < -0.3 is 15.5 Å². The van der Waals surface area contributed by atoms with Gasteiger partial charge in [0.25, 0.3) is 10.0 Å². The monoisotopic (exact) mass is 372 g/mol. The molecule has 1 saturated heterocycles. The zero-order valence-corrected chi connectivity index (χ0v) is 15.0. The van der Waals surface area contributed by atoms with Crippen molar-refractivity contribution in [2.24, 2.45) is 4.40 Å². The van der Waals surface area contributed by atoms with Crippen LogP contribution in [0, 0.1) is 0 Å². The summed E-state index contributed by atoms with van der Waals surface area (Å²) in [5.74, 6) is 0.199. The van der Waals surface area contributed by atoms with Crippen LogP contribution in [0.2, 0.25) is 0 Å². The van der Waals surface area contributed by atoms with Gasteiger partial charge in [-0.3, -0.25) is 4.79 Å². The highest BCUT2D eigenvalue weighted by Crippen LogP contribution is 2.26. The largest absolute Gasteiger partial charge is 0.352 e. The highest BCUT2D eigenvalue weighted by molar-refractivity contribution is 7.90. The van der Waals surface area contributed by atoms with Crippen molar-refractivity contribution in [2.75, 3.05) is 26.7 Å². The van der Waals surface area contributed by atoms with E-state index >= 15 is 0 Å². The van der Waals surface area contributed by atoms with Gasteiger partial charge in [0.2, 0.25) is 5.91 Å². The molecule has 1 fully saturated rings. The molecule has 7 nitrogen and oxygen atoms in total. The van der Waals surface area contributed by atoms with E-state index in [1.165, 1.54) is 6.07 Å². The van der Waals surface area contributed by atoms with Gasteiger partial charge >= 0.3 is 0 Å². The molecule has 1 amide bonds. The fourth-order valence-electron chi connectivity index (χ4n) is 2.89. The van der Waals surface area contributed by atoms with Crippen molar-refractivity contribution in [1.29, 1.82) is 0 Å². The van der Waals surface area contributed by atoms with Crippen LogP contribution in [0.1, 0.15) is 18.4 Å². The second kappa shape index (κ2) is 7.50. The van der Waals surface area contributed by atoms with Gasteiger partial charge in [-0.05, 0) is 38.1 Å². The Bertz CT molecular complexity index is 745. The number of sulfonamides is 1. The Kier molecular flexibility index (Phi) is 5.84. The predicted molar refractivity (Wildman–Crippen MR) is 94.1 cm³/mol. The lowest BCUT2D eigenvalue weighted by Crippen LogP contribution is -2.46. The quantitative estimate of drug-likeness (QED) is 0.799. The first-order valence-electron chi connectivity index (χ1n) is 7.63. The maximum Gasteiger partial charge on any atom is 0.285 e.